The van der Waals surface area contributed by atoms with E-state index in [0.717, 1.165) is 0 Å². The van der Waals surface area contributed by atoms with Gasteiger partial charge < -0.3 is 10.5 Å². The molecular weight excluding hydrogens is 118 g/mol. The first-order chi connectivity index (χ1) is 4.31. The van der Waals surface area contributed by atoms with E-state index < -0.39 is 0 Å². The van der Waals surface area contributed by atoms with Crippen molar-refractivity contribution in [3.05, 3.63) is 12.2 Å². The number of ether oxygens (including phenoxy) is 1. The van der Waals surface area contributed by atoms with Gasteiger partial charge in [0.1, 0.15) is 0 Å². The summed E-state index contributed by atoms with van der Waals surface area (Å²) in [5.74, 6) is -0.303. The first-order valence-corrected chi connectivity index (χ1v) is 2.59. The van der Waals surface area contributed by atoms with Crippen LogP contribution in [0.25, 0.3) is 0 Å². The van der Waals surface area contributed by atoms with E-state index in [2.05, 4.69) is 10.5 Å². The molecule has 0 saturated carbocycles. The summed E-state index contributed by atoms with van der Waals surface area (Å²) < 4.78 is 4.26. The van der Waals surface area contributed by atoms with Crippen molar-refractivity contribution in [1.82, 2.24) is 0 Å². The summed E-state index contributed by atoms with van der Waals surface area (Å²) in [6.45, 7) is 1.76. The summed E-state index contributed by atoms with van der Waals surface area (Å²) in [6, 6.07) is 0. The van der Waals surface area contributed by atoms with E-state index in [1.165, 1.54) is 20.2 Å². The minimum atomic E-state index is -0.303. The molecule has 9 heavy (non-hydrogen) atoms. The molecule has 0 aliphatic carbocycles. The van der Waals surface area contributed by atoms with Crippen LogP contribution in [0.5, 0.6) is 0 Å². The zero-order chi connectivity index (χ0) is 7.70. The molecule has 0 amide bonds. The molecule has 0 heterocycles. The lowest BCUT2D eigenvalue weighted by molar-refractivity contribution is -0.134. The average Bonchev–Trinajstić information content (AvgIpc) is 1.93. The van der Waals surface area contributed by atoms with Gasteiger partial charge in [-0.3, -0.25) is 0 Å². The third-order valence-electron chi connectivity index (χ3n) is 0.504. The average molecular weight is 131 g/mol. The molecule has 0 aliphatic rings. The highest BCUT2D eigenvalue weighted by atomic mass is 16.5. The van der Waals surface area contributed by atoms with E-state index in [1.807, 2.05) is 0 Å². The minimum Gasteiger partial charge on any atom is -0.466 e. The Hall–Kier alpha value is -0.830. The van der Waals surface area contributed by atoms with Gasteiger partial charge in [0, 0.05) is 6.08 Å². The highest BCUT2D eigenvalue weighted by molar-refractivity contribution is 5.81. The number of nitrogens with two attached hydrogens (primary N) is 1. The largest absolute Gasteiger partial charge is 0.466 e. The van der Waals surface area contributed by atoms with Crippen molar-refractivity contribution in [2.45, 2.75) is 6.92 Å². The topological polar surface area (TPSA) is 52.3 Å². The van der Waals surface area contributed by atoms with Crippen LogP contribution in [0.2, 0.25) is 0 Å². The van der Waals surface area contributed by atoms with E-state index in [-0.39, 0.29) is 5.97 Å². The molecule has 3 heteroatoms. The van der Waals surface area contributed by atoms with Gasteiger partial charge in [0.05, 0.1) is 7.11 Å². The Morgan fingerprint density at radius 1 is 1.56 bits per heavy atom. The maximum Gasteiger partial charge on any atom is 0.330 e. The standard InChI is InChI=1S/C5H8O2.CH5N/c1-3-4-5(6)7-2;1-2/h3-4H,1-2H3;2H2,1H3. The molecule has 54 valence electrons. The number of carbonyl (C=O) groups is 1. The fourth-order valence-corrected chi connectivity index (χ4v) is 0.204. The van der Waals surface area contributed by atoms with Gasteiger partial charge in [0.15, 0.2) is 0 Å². The fourth-order valence-electron chi connectivity index (χ4n) is 0.204. The predicted molar refractivity (Wildman–Crippen MR) is 36.9 cm³/mol. The maximum atomic E-state index is 10.1. The molecule has 0 aromatic rings. The first-order valence-electron chi connectivity index (χ1n) is 2.59. The van der Waals surface area contributed by atoms with Crippen LogP contribution in [-0.2, 0) is 9.53 Å². The molecule has 2 N–H and O–H groups in total. The van der Waals surface area contributed by atoms with Crippen molar-refractivity contribution in [2.75, 3.05) is 14.2 Å². The van der Waals surface area contributed by atoms with Crippen LogP contribution < -0.4 is 5.73 Å². The number of allylic oxidation sites excluding steroid dienone is 1. The van der Waals surface area contributed by atoms with Crippen molar-refractivity contribution >= 4 is 5.97 Å². The molecule has 0 aromatic carbocycles. The molecule has 0 unspecified atom stereocenters. The highest BCUT2D eigenvalue weighted by Crippen LogP contribution is 1.73. The van der Waals surface area contributed by atoms with Crippen molar-refractivity contribution in [3.8, 4) is 0 Å². The lowest BCUT2D eigenvalue weighted by Gasteiger charge is -1.84. The summed E-state index contributed by atoms with van der Waals surface area (Å²) in [5.41, 5.74) is 4.50. The molecule has 0 rings (SSSR count). The van der Waals surface area contributed by atoms with Gasteiger partial charge in [0.2, 0.25) is 0 Å². The zero-order valence-corrected chi connectivity index (χ0v) is 6.05. The maximum absolute atomic E-state index is 10.1. The Morgan fingerprint density at radius 3 is 2.11 bits per heavy atom. The van der Waals surface area contributed by atoms with Crippen molar-refractivity contribution in [2.24, 2.45) is 5.73 Å². The van der Waals surface area contributed by atoms with Gasteiger partial charge in [0.25, 0.3) is 0 Å². The van der Waals surface area contributed by atoms with E-state index in [4.69, 9.17) is 0 Å². The van der Waals surface area contributed by atoms with Crippen LogP contribution in [-0.4, -0.2) is 20.1 Å². The fraction of sp³-hybridized carbons (Fsp3) is 0.500. The summed E-state index contributed by atoms with van der Waals surface area (Å²) in [5, 5.41) is 0. The quantitative estimate of drug-likeness (QED) is 0.411. The first kappa shape index (κ1) is 11.0. The smallest absolute Gasteiger partial charge is 0.330 e. The third kappa shape index (κ3) is 11.0. The van der Waals surface area contributed by atoms with Crippen molar-refractivity contribution < 1.29 is 9.53 Å². The zero-order valence-electron chi connectivity index (χ0n) is 6.05. The molecule has 0 bridgehead atoms. The Morgan fingerprint density at radius 2 is 2.00 bits per heavy atom. The van der Waals surface area contributed by atoms with E-state index >= 15 is 0 Å². The molecular formula is C6H13NO2. The van der Waals surface area contributed by atoms with Crippen LogP contribution >= 0.6 is 0 Å². The van der Waals surface area contributed by atoms with Crippen LogP contribution in [0.15, 0.2) is 12.2 Å². The van der Waals surface area contributed by atoms with Crippen LogP contribution in [0.1, 0.15) is 6.92 Å². The monoisotopic (exact) mass is 131 g/mol. The lowest BCUT2D eigenvalue weighted by atomic mass is 10.5. The molecule has 0 aromatic heterocycles. The Bertz CT molecular complexity index is 89.1. The minimum absolute atomic E-state index is 0.303. The number of rotatable bonds is 1. The molecule has 0 saturated heterocycles. The van der Waals surface area contributed by atoms with Gasteiger partial charge in [-0.05, 0) is 14.0 Å². The van der Waals surface area contributed by atoms with E-state index in [9.17, 15) is 4.79 Å². The SMILES string of the molecule is CC=CC(=O)OC.CN. The van der Waals surface area contributed by atoms with Gasteiger partial charge in [-0.25, -0.2) is 4.79 Å². The molecule has 0 fully saturated rings. The van der Waals surface area contributed by atoms with Gasteiger partial charge in [-0.15, -0.1) is 0 Å². The highest BCUT2D eigenvalue weighted by Gasteiger charge is 1.84. The lowest BCUT2D eigenvalue weighted by Crippen LogP contribution is -1.92. The van der Waals surface area contributed by atoms with Gasteiger partial charge >= 0.3 is 5.97 Å². The molecule has 0 atom stereocenters. The molecule has 0 radical (unpaired) electrons. The number of methoxy groups -OCH3 is 1. The number of hydrogen-bond donors (Lipinski definition) is 1. The normalized spacial score (nSPS) is 8.00. The van der Waals surface area contributed by atoms with Crippen molar-refractivity contribution in [1.29, 1.82) is 0 Å². The second kappa shape index (κ2) is 10.2. The van der Waals surface area contributed by atoms with Crippen LogP contribution in [0.3, 0.4) is 0 Å². The number of carbonyl (C=O) groups excluding carboxylic acids is 1. The predicted octanol–water partition coefficient (Wildman–Crippen LogP) is 0.310. The summed E-state index contributed by atoms with van der Waals surface area (Å²) in [7, 11) is 2.85. The Balaban J connectivity index is 0. The van der Waals surface area contributed by atoms with Crippen LogP contribution in [0.4, 0.5) is 0 Å². The van der Waals surface area contributed by atoms with E-state index in [1.54, 1.807) is 13.0 Å². The van der Waals surface area contributed by atoms with Crippen LogP contribution in [0, 0.1) is 0 Å². The summed E-state index contributed by atoms with van der Waals surface area (Å²) >= 11 is 0. The van der Waals surface area contributed by atoms with Gasteiger partial charge in [-0.2, -0.15) is 0 Å². The van der Waals surface area contributed by atoms with Gasteiger partial charge in [-0.1, -0.05) is 6.08 Å². The summed E-state index contributed by atoms with van der Waals surface area (Å²) in [4.78, 5) is 10.1. The van der Waals surface area contributed by atoms with Crippen molar-refractivity contribution in [3.63, 3.8) is 0 Å². The number of hydrogen-bond acceptors (Lipinski definition) is 3. The Labute approximate surface area is 55.5 Å². The van der Waals surface area contributed by atoms with E-state index in [0.29, 0.717) is 0 Å². The Kier molecular flexibility index (Phi) is 12.5. The third-order valence-corrected chi connectivity index (χ3v) is 0.504. The second-order valence-electron chi connectivity index (χ2n) is 1.02. The summed E-state index contributed by atoms with van der Waals surface area (Å²) in [6.07, 6.45) is 2.99. The molecule has 3 nitrogen and oxygen atoms in total. The second-order valence-corrected chi connectivity index (χ2v) is 1.02. The number of esters is 1. The molecule has 0 aliphatic heterocycles. The molecule has 0 spiro atoms.